The van der Waals surface area contributed by atoms with Gasteiger partial charge in [0, 0.05) is 17.7 Å². The molecule has 0 atom stereocenters. The molecule has 0 spiro atoms. The largest absolute Gasteiger partial charge is 0.490 e. The molecule has 34 heavy (non-hydrogen) atoms. The Morgan fingerprint density at radius 2 is 1.71 bits per heavy atom. The van der Waals surface area contributed by atoms with E-state index in [4.69, 9.17) is 15.9 Å². The Balaban J connectivity index is 0.00000204. The molecule has 182 valence electrons. The monoisotopic (exact) mass is 502 g/mol. The lowest BCUT2D eigenvalue weighted by atomic mass is 10.0. The van der Waals surface area contributed by atoms with E-state index in [1.165, 1.54) is 0 Å². The van der Waals surface area contributed by atoms with Gasteiger partial charge in [-0.1, -0.05) is 31.2 Å². The number of amidine groups is 1. The molecule has 8 heteroatoms. The number of benzene rings is 3. The van der Waals surface area contributed by atoms with Crippen LogP contribution in [0.2, 0.25) is 0 Å². The summed E-state index contributed by atoms with van der Waals surface area (Å²) in [6.45, 7) is 4.33. The van der Waals surface area contributed by atoms with E-state index < -0.39 is 0 Å². The van der Waals surface area contributed by atoms with Gasteiger partial charge in [-0.25, -0.2) is 0 Å². The average Bonchev–Trinajstić information content (AvgIpc) is 2.83. The molecule has 3 aromatic carbocycles. The minimum atomic E-state index is 0. The van der Waals surface area contributed by atoms with E-state index in [1.807, 2.05) is 66.4 Å². The van der Waals surface area contributed by atoms with Gasteiger partial charge in [-0.05, 0) is 78.7 Å². The highest BCUT2D eigenvalue weighted by Crippen LogP contribution is 2.25. The van der Waals surface area contributed by atoms with Gasteiger partial charge >= 0.3 is 0 Å². The molecule has 1 aliphatic heterocycles. The fourth-order valence-corrected chi connectivity index (χ4v) is 4.07. The predicted octanol–water partition coefficient (Wildman–Crippen LogP) is 5.04. The van der Waals surface area contributed by atoms with Gasteiger partial charge in [-0.2, -0.15) is 0 Å². The summed E-state index contributed by atoms with van der Waals surface area (Å²) >= 11 is 0. The zero-order valence-corrected chi connectivity index (χ0v) is 20.9. The smallest absolute Gasteiger partial charge is 0.227 e. The Bertz CT molecular complexity index is 1120. The molecule has 0 aliphatic carbocycles. The fourth-order valence-electron chi connectivity index (χ4n) is 4.07. The van der Waals surface area contributed by atoms with Gasteiger partial charge in [0.2, 0.25) is 5.91 Å². The molecule has 0 unspecified atom stereocenters. The molecule has 3 aromatic rings. The number of nitrogens with two attached hydrogens (primary N) is 1. The van der Waals surface area contributed by atoms with Crippen LogP contribution < -0.4 is 20.7 Å². The van der Waals surface area contributed by atoms with Crippen LogP contribution in [0.5, 0.6) is 5.75 Å². The van der Waals surface area contributed by atoms with Crippen LogP contribution in [0.15, 0.2) is 60.7 Å². The molecule has 1 fully saturated rings. The molecule has 0 bridgehead atoms. The Kier molecular flexibility index (Phi) is 10.2. The van der Waals surface area contributed by atoms with Crippen molar-refractivity contribution in [1.82, 2.24) is 5.32 Å². The number of rotatable bonds is 7. The number of anilines is 1. The Hall–Kier alpha value is -2.80. The zero-order valence-electron chi connectivity index (χ0n) is 19.3. The number of nitrogens with zero attached hydrogens (tertiary/aromatic N) is 1. The maximum atomic E-state index is 12.8. The summed E-state index contributed by atoms with van der Waals surface area (Å²) in [5.41, 5.74) is 8.22. The summed E-state index contributed by atoms with van der Waals surface area (Å²) in [4.78, 5) is 14.6. The molecular weight excluding hydrogens is 471 g/mol. The van der Waals surface area contributed by atoms with E-state index in [0.29, 0.717) is 18.5 Å². The quantitative estimate of drug-likeness (QED) is 0.311. The minimum absolute atomic E-state index is 0. The van der Waals surface area contributed by atoms with Crippen LogP contribution in [0, 0.1) is 5.41 Å². The molecule has 4 rings (SSSR count). The highest BCUT2D eigenvalue weighted by Gasteiger charge is 2.17. The number of hydrogen-bond donors (Lipinski definition) is 3. The van der Waals surface area contributed by atoms with Gasteiger partial charge in [-0.15, -0.1) is 24.8 Å². The third-order valence-electron chi connectivity index (χ3n) is 5.90. The predicted molar refractivity (Wildman–Crippen MR) is 144 cm³/mol. The first-order valence-electron chi connectivity index (χ1n) is 11.2. The van der Waals surface area contributed by atoms with Gasteiger partial charge < -0.3 is 20.7 Å². The zero-order chi connectivity index (χ0) is 22.5. The van der Waals surface area contributed by atoms with Crippen LogP contribution in [0.1, 0.15) is 37.3 Å². The normalized spacial score (nSPS) is 13.4. The number of carbonyl (C=O) groups excluding carboxylic acids is 1. The third-order valence-corrected chi connectivity index (χ3v) is 5.90. The molecule has 1 saturated heterocycles. The Morgan fingerprint density at radius 3 is 2.35 bits per heavy atom. The summed E-state index contributed by atoms with van der Waals surface area (Å²) in [5, 5.41) is 13.1. The maximum absolute atomic E-state index is 12.8. The first-order chi connectivity index (χ1) is 15.5. The van der Waals surface area contributed by atoms with Gasteiger partial charge in [-0.3, -0.25) is 10.2 Å². The molecule has 4 N–H and O–H groups in total. The third kappa shape index (κ3) is 6.63. The second kappa shape index (κ2) is 12.6. The highest BCUT2D eigenvalue weighted by atomic mass is 35.5. The van der Waals surface area contributed by atoms with Crippen molar-refractivity contribution in [2.75, 3.05) is 18.0 Å². The fraction of sp³-hybridized carbons (Fsp3) is 0.308. The second-order valence-corrected chi connectivity index (χ2v) is 8.20. The van der Waals surface area contributed by atoms with Crippen LogP contribution >= 0.6 is 24.8 Å². The van der Waals surface area contributed by atoms with Crippen LogP contribution in [-0.2, 0) is 11.3 Å². The molecule has 0 radical (unpaired) electrons. The molecular formula is C26H32Cl2N4O2. The summed E-state index contributed by atoms with van der Waals surface area (Å²) in [6.07, 6.45) is 2.69. The summed E-state index contributed by atoms with van der Waals surface area (Å²) in [5.74, 6) is 0.952. The van der Waals surface area contributed by atoms with E-state index in [1.54, 1.807) is 0 Å². The molecule has 6 nitrogen and oxygen atoms in total. The van der Waals surface area contributed by atoms with Crippen LogP contribution in [0.25, 0.3) is 10.8 Å². The number of carbonyl (C=O) groups is 1. The van der Waals surface area contributed by atoms with Gasteiger partial charge in [0.05, 0.1) is 6.54 Å². The second-order valence-electron chi connectivity index (χ2n) is 8.20. The number of halogens is 2. The van der Waals surface area contributed by atoms with Crippen LogP contribution in [0.4, 0.5) is 5.69 Å². The van der Waals surface area contributed by atoms with Gasteiger partial charge in [0.25, 0.3) is 0 Å². The first-order valence-corrected chi connectivity index (χ1v) is 11.2. The lowest BCUT2D eigenvalue weighted by Gasteiger charge is -2.25. The summed E-state index contributed by atoms with van der Waals surface area (Å²) in [7, 11) is 0. The van der Waals surface area contributed by atoms with Crippen molar-refractivity contribution in [2.45, 2.75) is 38.8 Å². The Morgan fingerprint density at radius 1 is 1.03 bits per heavy atom. The van der Waals surface area contributed by atoms with E-state index in [2.05, 4.69) is 11.4 Å². The first kappa shape index (κ1) is 27.4. The van der Waals surface area contributed by atoms with E-state index >= 15 is 0 Å². The molecule has 1 heterocycles. The number of nitrogen functional groups attached to an aromatic ring is 1. The van der Waals surface area contributed by atoms with Crippen molar-refractivity contribution in [1.29, 1.82) is 5.41 Å². The molecule has 1 aliphatic rings. The molecule has 1 amide bonds. The van der Waals surface area contributed by atoms with Crippen molar-refractivity contribution in [3.8, 4) is 5.75 Å². The van der Waals surface area contributed by atoms with Crippen LogP contribution in [0.3, 0.4) is 0 Å². The standard InChI is InChI=1S/C26H30N4O2.2ClH/c1-2-25(31)30(22-7-9-23(10-8-22)32-24-11-13-29-14-12-24)17-18-3-4-19-5-6-20(26(27)28)16-21(19)15-18;;/h3-10,15-16,24,29H,2,11-14,17H2,1H3,(H3,27,28);2*1H. The van der Waals surface area contributed by atoms with E-state index in [0.717, 1.165) is 53.7 Å². The van der Waals surface area contributed by atoms with E-state index in [-0.39, 0.29) is 42.7 Å². The van der Waals surface area contributed by atoms with Crippen molar-refractivity contribution < 1.29 is 9.53 Å². The van der Waals surface area contributed by atoms with Gasteiger partial charge in [0.1, 0.15) is 17.7 Å². The number of piperidine rings is 1. The maximum Gasteiger partial charge on any atom is 0.227 e. The lowest BCUT2D eigenvalue weighted by Crippen LogP contribution is -2.34. The molecule has 0 aromatic heterocycles. The summed E-state index contributed by atoms with van der Waals surface area (Å²) in [6, 6.07) is 19.7. The number of amides is 1. The van der Waals surface area contributed by atoms with Crippen molar-refractivity contribution in [3.05, 3.63) is 71.8 Å². The number of fused-ring (bicyclic) bond motifs is 1. The highest BCUT2D eigenvalue weighted by molar-refractivity contribution is 5.99. The minimum Gasteiger partial charge on any atom is -0.490 e. The van der Waals surface area contributed by atoms with Gasteiger partial charge in [0.15, 0.2) is 0 Å². The topological polar surface area (TPSA) is 91.4 Å². The number of ether oxygens (including phenoxy) is 1. The van der Waals surface area contributed by atoms with Crippen molar-refractivity contribution >= 4 is 53.0 Å². The van der Waals surface area contributed by atoms with Crippen molar-refractivity contribution in [2.24, 2.45) is 5.73 Å². The van der Waals surface area contributed by atoms with E-state index in [9.17, 15) is 4.79 Å². The molecule has 0 saturated carbocycles. The van der Waals surface area contributed by atoms with Crippen LogP contribution in [-0.4, -0.2) is 30.9 Å². The SMILES string of the molecule is CCC(=O)N(Cc1ccc2ccc(C(=N)N)cc2c1)c1ccc(OC2CCNCC2)cc1.Cl.Cl. The lowest BCUT2D eigenvalue weighted by molar-refractivity contribution is -0.118. The average molecular weight is 503 g/mol. The number of hydrogen-bond acceptors (Lipinski definition) is 4. The Labute approximate surface area is 213 Å². The van der Waals surface area contributed by atoms with Crippen molar-refractivity contribution in [3.63, 3.8) is 0 Å². The summed E-state index contributed by atoms with van der Waals surface area (Å²) < 4.78 is 6.10. The number of nitrogens with one attached hydrogen (secondary N) is 2.